The van der Waals surface area contributed by atoms with E-state index >= 15 is 0 Å². The average Bonchev–Trinajstić information content (AvgIpc) is 2.15. The monoisotopic (exact) mass is 198 g/mol. The van der Waals surface area contributed by atoms with Gasteiger partial charge < -0.3 is 0 Å². The number of thiol groups is 1. The number of halogens is 1. The Bertz CT molecular complexity index is 268. The van der Waals surface area contributed by atoms with E-state index < -0.39 is 0 Å². The van der Waals surface area contributed by atoms with Crippen LogP contribution in [0.25, 0.3) is 6.08 Å². The van der Waals surface area contributed by atoms with E-state index in [0.717, 1.165) is 5.75 Å². The maximum absolute atomic E-state index is 5.52. The highest BCUT2D eigenvalue weighted by Crippen LogP contribution is 2.08. The van der Waals surface area contributed by atoms with Crippen LogP contribution in [0, 0.1) is 0 Å². The highest BCUT2D eigenvalue weighted by Gasteiger charge is 1.89. The minimum atomic E-state index is 0.561. The third-order valence-electron chi connectivity index (χ3n) is 1.53. The quantitative estimate of drug-likeness (QED) is 0.559. The molecule has 1 rings (SSSR count). The van der Waals surface area contributed by atoms with Crippen LogP contribution in [0.3, 0.4) is 0 Å². The van der Waals surface area contributed by atoms with E-state index in [1.165, 1.54) is 11.1 Å². The zero-order chi connectivity index (χ0) is 8.81. The summed E-state index contributed by atoms with van der Waals surface area (Å²) < 4.78 is 0. The lowest BCUT2D eigenvalue weighted by Crippen LogP contribution is -1.78. The van der Waals surface area contributed by atoms with Gasteiger partial charge in [0.1, 0.15) is 0 Å². The fraction of sp³-hybridized carbons (Fsp3) is 0.200. The molecular formula is C10H11ClS. The van der Waals surface area contributed by atoms with Gasteiger partial charge in [-0.2, -0.15) is 12.6 Å². The normalized spacial score (nSPS) is 10.8. The fourth-order valence-corrected chi connectivity index (χ4v) is 1.26. The second-order valence-corrected chi connectivity index (χ2v) is 3.08. The van der Waals surface area contributed by atoms with E-state index in [1.807, 2.05) is 18.2 Å². The minimum absolute atomic E-state index is 0.561. The highest BCUT2D eigenvalue weighted by molar-refractivity contribution is 7.79. The molecule has 0 saturated heterocycles. The lowest BCUT2D eigenvalue weighted by Gasteiger charge is -1.96. The number of hydrogen-bond acceptors (Lipinski definition) is 1. The second kappa shape index (κ2) is 5.28. The standard InChI is InChI=1S/C10H11ClS/c11-6-2-5-9-3-1-4-10(7-9)8-12/h1-5,7,12H,6,8H2. The van der Waals surface area contributed by atoms with E-state index in [2.05, 4.69) is 30.8 Å². The lowest BCUT2D eigenvalue weighted by atomic mass is 10.1. The molecule has 2 heteroatoms. The van der Waals surface area contributed by atoms with Crippen LogP contribution < -0.4 is 0 Å². The van der Waals surface area contributed by atoms with Crippen LogP contribution in [0.1, 0.15) is 11.1 Å². The van der Waals surface area contributed by atoms with Crippen molar-refractivity contribution in [1.82, 2.24) is 0 Å². The van der Waals surface area contributed by atoms with Gasteiger partial charge in [0.2, 0.25) is 0 Å². The minimum Gasteiger partial charge on any atom is -0.175 e. The molecule has 12 heavy (non-hydrogen) atoms. The molecule has 0 fully saturated rings. The molecule has 1 aromatic carbocycles. The molecule has 0 amide bonds. The van der Waals surface area contributed by atoms with Gasteiger partial charge in [-0.15, -0.1) is 11.6 Å². The van der Waals surface area contributed by atoms with Crippen LogP contribution in [-0.4, -0.2) is 5.88 Å². The predicted molar refractivity (Wildman–Crippen MR) is 58.9 cm³/mol. The molecule has 0 aliphatic rings. The molecule has 0 radical (unpaired) electrons. The van der Waals surface area contributed by atoms with Gasteiger partial charge in [-0.1, -0.05) is 36.4 Å². The summed E-state index contributed by atoms with van der Waals surface area (Å²) >= 11 is 9.72. The molecule has 0 bridgehead atoms. The van der Waals surface area contributed by atoms with Crippen molar-refractivity contribution in [2.24, 2.45) is 0 Å². The maximum atomic E-state index is 5.52. The van der Waals surface area contributed by atoms with Gasteiger partial charge in [-0.3, -0.25) is 0 Å². The third kappa shape index (κ3) is 2.92. The predicted octanol–water partition coefficient (Wildman–Crippen LogP) is 3.37. The first-order valence-corrected chi connectivity index (χ1v) is 4.96. The summed E-state index contributed by atoms with van der Waals surface area (Å²) in [5.74, 6) is 1.34. The zero-order valence-corrected chi connectivity index (χ0v) is 8.35. The van der Waals surface area contributed by atoms with Crippen molar-refractivity contribution in [3.63, 3.8) is 0 Å². The number of allylic oxidation sites excluding steroid dienone is 1. The summed E-state index contributed by atoms with van der Waals surface area (Å²) in [5.41, 5.74) is 2.41. The molecule has 0 nitrogen and oxygen atoms in total. The summed E-state index contributed by atoms with van der Waals surface area (Å²) in [6, 6.07) is 8.25. The SMILES string of the molecule is SCc1cccc(C=CCCl)c1. The van der Waals surface area contributed by atoms with Crippen LogP contribution >= 0.6 is 24.2 Å². The van der Waals surface area contributed by atoms with Crippen molar-refractivity contribution in [1.29, 1.82) is 0 Å². The number of alkyl halides is 1. The smallest absolute Gasteiger partial charge is 0.0407 e. The summed E-state index contributed by atoms with van der Waals surface area (Å²) in [6.07, 6.45) is 3.94. The van der Waals surface area contributed by atoms with Crippen molar-refractivity contribution >= 4 is 30.3 Å². The molecule has 64 valence electrons. The van der Waals surface area contributed by atoms with E-state index in [1.54, 1.807) is 0 Å². The number of benzene rings is 1. The van der Waals surface area contributed by atoms with Gasteiger partial charge in [0.25, 0.3) is 0 Å². The average molecular weight is 199 g/mol. The van der Waals surface area contributed by atoms with Crippen LogP contribution in [0.2, 0.25) is 0 Å². The molecule has 0 heterocycles. The van der Waals surface area contributed by atoms with Crippen LogP contribution in [0.15, 0.2) is 30.3 Å². The Morgan fingerprint density at radius 1 is 1.42 bits per heavy atom. The van der Waals surface area contributed by atoms with Crippen molar-refractivity contribution in [2.45, 2.75) is 5.75 Å². The number of hydrogen-bond donors (Lipinski definition) is 1. The fourth-order valence-electron chi connectivity index (χ4n) is 0.976. The first-order chi connectivity index (χ1) is 5.86. The summed E-state index contributed by atoms with van der Waals surface area (Å²) in [5, 5.41) is 0. The van der Waals surface area contributed by atoms with E-state index in [0.29, 0.717) is 5.88 Å². The van der Waals surface area contributed by atoms with Gasteiger partial charge in [0.15, 0.2) is 0 Å². The van der Waals surface area contributed by atoms with Crippen LogP contribution in [0.4, 0.5) is 0 Å². The third-order valence-corrected chi connectivity index (χ3v) is 2.08. The Kier molecular flexibility index (Phi) is 4.26. The highest BCUT2D eigenvalue weighted by atomic mass is 35.5. The molecule has 0 unspecified atom stereocenters. The lowest BCUT2D eigenvalue weighted by molar-refractivity contribution is 1.42. The largest absolute Gasteiger partial charge is 0.175 e. The zero-order valence-electron chi connectivity index (χ0n) is 6.70. The van der Waals surface area contributed by atoms with E-state index in [4.69, 9.17) is 11.6 Å². The molecule has 0 N–H and O–H groups in total. The summed E-state index contributed by atoms with van der Waals surface area (Å²) in [4.78, 5) is 0. The van der Waals surface area contributed by atoms with Gasteiger partial charge in [0, 0.05) is 11.6 Å². The molecule has 0 aromatic heterocycles. The van der Waals surface area contributed by atoms with Gasteiger partial charge in [-0.05, 0) is 11.1 Å². The van der Waals surface area contributed by atoms with Gasteiger partial charge in [0.05, 0.1) is 0 Å². The van der Waals surface area contributed by atoms with Crippen LogP contribution in [-0.2, 0) is 5.75 Å². The molecule has 0 atom stereocenters. The molecule has 0 aliphatic heterocycles. The molecular weight excluding hydrogens is 188 g/mol. The molecule has 0 aliphatic carbocycles. The Balaban J connectivity index is 2.79. The molecule has 0 spiro atoms. The molecule has 0 saturated carbocycles. The van der Waals surface area contributed by atoms with Crippen molar-refractivity contribution in [3.8, 4) is 0 Å². The van der Waals surface area contributed by atoms with Crippen molar-refractivity contribution in [2.75, 3.05) is 5.88 Å². The summed E-state index contributed by atoms with van der Waals surface area (Å²) in [6.45, 7) is 0. The topological polar surface area (TPSA) is 0 Å². The molecule has 1 aromatic rings. The Labute approximate surface area is 83.7 Å². The van der Waals surface area contributed by atoms with Gasteiger partial charge in [-0.25, -0.2) is 0 Å². The van der Waals surface area contributed by atoms with Crippen LogP contribution in [0.5, 0.6) is 0 Å². The number of rotatable bonds is 3. The van der Waals surface area contributed by atoms with E-state index in [-0.39, 0.29) is 0 Å². The van der Waals surface area contributed by atoms with Gasteiger partial charge >= 0.3 is 0 Å². The maximum Gasteiger partial charge on any atom is 0.0407 e. The second-order valence-electron chi connectivity index (χ2n) is 2.46. The van der Waals surface area contributed by atoms with Crippen molar-refractivity contribution < 1.29 is 0 Å². The summed E-state index contributed by atoms with van der Waals surface area (Å²) in [7, 11) is 0. The Hall–Kier alpha value is -0.400. The first kappa shape index (κ1) is 9.69. The Morgan fingerprint density at radius 3 is 2.92 bits per heavy atom. The van der Waals surface area contributed by atoms with Crippen molar-refractivity contribution in [3.05, 3.63) is 41.5 Å². The van der Waals surface area contributed by atoms with E-state index in [9.17, 15) is 0 Å². The first-order valence-electron chi connectivity index (χ1n) is 3.79. The Morgan fingerprint density at radius 2 is 2.25 bits per heavy atom.